The number of hydrogen-bond acceptors (Lipinski definition) is 4. The van der Waals surface area contributed by atoms with Crippen molar-refractivity contribution in [2.24, 2.45) is 20.9 Å². The molecule has 0 bridgehead atoms. The van der Waals surface area contributed by atoms with Crippen molar-refractivity contribution in [1.29, 1.82) is 0 Å². The molecule has 1 aromatic rings. The maximum atomic E-state index is 12.6. The van der Waals surface area contributed by atoms with Crippen molar-refractivity contribution < 1.29 is 4.79 Å². The summed E-state index contributed by atoms with van der Waals surface area (Å²) in [5.41, 5.74) is 1.86. The summed E-state index contributed by atoms with van der Waals surface area (Å²) in [5, 5.41) is 0.696. The number of rotatable bonds is 2. The molecule has 1 fully saturated rings. The Hall–Kier alpha value is -2.53. The van der Waals surface area contributed by atoms with Gasteiger partial charge in [-0.3, -0.25) is 4.79 Å². The van der Waals surface area contributed by atoms with Crippen LogP contribution in [0.2, 0.25) is 5.02 Å². The summed E-state index contributed by atoms with van der Waals surface area (Å²) in [5.74, 6) is 0.324. The number of hydrogen-bond donors (Lipinski definition) is 0. The van der Waals surface area contributed by atoms with Gasteiger partial charge in [-0.05, 0) is 42.2 Å². The number of amides is 1. The average molecular weight is 353 g/mol. The molecule has 0 aliphatic carbocycles. The van der Waals surface area contributed by atoms with E-state index < -0.39 is 5.92 Å². The van der Waals surface area contributed by atoms with E-state index >= 15 is 0 Å². The van der Waals surface area contributed by atoms with Gasteiger partial charge in [-0.1, -0.05) is 35.9 Å². The van der Waals surface area contributed by atoms with E-state index in [1.165, 1.54) is 0 Å². The zero-order chi connectivity index (χ0) is 17.2. The lowest BCUT2D eigenvalue weighted by Crippen LogP contribution is -2.36. The molecule has 0 spiro atoms. The molecule has 1 unspecified atom stereocenters. The number of nitrogens with zero attached hydrogens (tertiary/aromatic N) is 4. The first kappa shape index (κ1) is 16.0. The van der Waals surface area contributed by atoms with Gasteiger partial charge < -0.3 is 4.90 Å². The number of fused-ring (bicyclic) bond motifs is 1. The van der Waals surface area contributed by atoms with E-state index in [9.17, 15) is 4.79 Å². The first-order valence-electron chi connectivity index (χ1n) is 8.35. The zero-order valence-electron chi connectivity index (χ0n) is 13.6. The maximum absolute atomic E-state index is 12.6. The molecule has 0 aromatic heterocycles. The van der Waals surface area contributed by atoms with E-state index in [0.29, 0.717) is 16.8 Å². The molecule has 25 heavy (non-hydrogen) atoms. The smallest absolute Gasteiger partial charge is 0.264 e. The molecule has 3 aliphatic rings. The van der Waals surface area contributed by atoms with Crippen LogP contribution < -0.4 is 0 Å². The number of amidine groups is 1. The van der Waals surface area contributed by atoms with Crippen LogP contribution in [-0.4, -0.2) is 41.9 Å². The fraction of sp³-hybridized carbons (Fsp3) is 0.263. The standard InChI is InChI=1S/C19H17ClN4O/c20-15-7-4-13(5-8-15)3-6-14-9-10-21-17-16(14)18(25)23-19(22-17)24-11-1-2-12-24/h3-10,16H,1-2,11-12H2/b6-3+. The van der Waals surface area contributed by atoms with Crippen molar-refractivity contribution in [3.05, 3.63) is 52.6 Å². The fourth-order valence-electron chi connectivity index (χ4n) is 3.13. The van der Waals surface area contributed by atoms with E-state index in [1.807, 2.05) is 42.5 Å². The summed E-state index contributed by atoms with van der Waals surface area (Å²) in [4.78, 5) is 27.7. The lowest BCUT2D eigenvalue weighted by atomic mass is 9.93. The average Bonchev–Trinajstić information content (AvgIpc) is 3.15. The number of carbonyl (C=O) groups excluding carboxylic acids is 1. The van der Waals surface area contributed by atoms with Crippen LogP contribution in [-0.2, 0) is 4.79 Å². The lowest BCUT2D eigenvalue weighted by molar-refractivity contribution is -0.118. The molecule has 1 saturated heterocycles. The van der Waals surface area contributed by atoms with Crippen molar-refractivity contribution >= 4 is 41.6 Å². The quantitative estimate of drug-likeness (QED) is 0.819. The van der Waals surface area contributed by atoms with Gasteiger partial charge in [-0.15, -0.1) is 0 Å². The van der Waals surface area contributed by atoms with Gasteiger partial charge in [-0.25, -0.2) is 4.99 Å². The van der Waals surface area contributed by atoms with Gasteiger partial charge in [0.15, 0.2) is 0 Å². The molecule has 1 aromatic carbocycles. The van der Waals surface area contributed by atoms with Gasteiger partial charge in [0, 0.05) is 24.3 Å². The van der Waals surface area contributed by atoms with Gasteiger partial charge in [0.25, 0.3) is 5.91 Å². The second kappa shape index (κ2) is 6.76. The minimum absolute atomic E-state index is 0.198. The number of halogens is 1. The summed E-state index contributed by atoms with van der Waals surface area (Å²) in [6.45, 7) is 1.80. The molecule has 0 radical (unpaired) electrons. The van der Waals surface area contributed by atoms with E-state index in [1.54, 1.807) is 6.21 Å². The van der Waals surface area contributed by atoms with Crippen LogP contribution in [0, 0.1) is 5.92 Å². The Balaban J connectivity index is 1.57. The minimum atomic E-state index is -0.514. The number of allylic oxidation sites excluding steroid dienone is 2. The van der Waals surface area contributed by atoms with Crippen molar-refractivity contribution in [2.75, 3.05) is 13.1 Å². The summed E-state index contributed by atoms with van der Waals surface area (Å²) in [7, 11) is 0. The van der Waals surface area contributed by atoms with E-state index in [0.717, 1.165) is 37.1 Å². The molecule has 126 valence electrons. The second-order valence-corrected chi connectivity index (χ2v) is 6.61. The fourth-order valence-corrected chi connectivity index (χ4v) is 3.26. The SMILES string of the molecule is O=C1N=C(N2CCCC2)N=C2N=CC=C(/C=C/c3ccc(Cl)cc3)C12. The molecule has 4 rings (SSSR count). The summed E-state index contributed by atoms with van der Waals surface area (Å²) in [6, 6.07) is 7.53. The minimum Gasteiger partial charge on any atom is -0.341 e. The molecule has 1 atom stereocenters. The molecule has 3 aliphatic heterocycles. The number of benzene rings is 1. The highest BCUT2D eigenvalue weighted by atomic mass is 35.5. The molecule has 6 heteroatoms. The zero-order valence-corrected chi connectivity index (χ0v) is 14.4. The van der Waals surface area contributed by atoms with Crippen molar-refractivity contribution in [3.63, 3.8) is 0 Å². The van der Waals surface area contributed by atoms with Gasteiger partial charge in [0.1, 0.15) is 11.8 Å². The molecule has 0 N–H and O–H groups in total. The van der Waals surface area contributed by atoms with Gasteiger partial charge >= 0.3 is 0 Å². The van der Waals surface area contributed by atoms with Crippen LogP contribution >= 0.6 is 11.6 Å². The van der Waals surface area contributed by atoms with Gasteiger partial charge in [0.2, 0.25) is 5.96 Å². The summed E-state index contributed by atoms with van der Waals surface area (Å²) in [6.07, 6.45) is 9.62. The van der Waals surface area contributed by atoms with Crippen LogP contribution in [0.1, 0.15) is 18.4 Å². The Morgan fingerprint density at radius 1 is 1.08 bits per heavy atom. The molecular weight excluding hydrogens is 336 g/mol. The number of carbonyl (C=O) groups is 1. The number of dihydropyridines is 1. The van der Waals surface area contributed by atoms with Crippen molar-refractivity contribution in [2.45, 2.75) is 12.8 Å². The number of aliphatic imine (C=N–C) groups is 3. The van der Waals surface area contributed by atoms with Crippen molar-refractivity contribution in [3.8, 4) is 0 Å². The monoisotopic (exact) mass is 352 g/mol. The third-order valence-corrected chi connectivity index (χ3v) is 4.72. The highest BCUT2D eigenvalue weighted by molar-refractivity contribution is 6.30. The Bertz CT molecular complexity index is 843. The van der Waals surface area contributed by atoms with Crippen LogP contribution in [0.25, 0.3) is 6.08 Å². The van der Waals surface area contributed by atoms with E-state index in [-0.39, 0.29) is 5.91 Å². The van der Waals surface area contributed by atoms with Crippen molar-refractivity contribution in [1.82, 2.24) is 4.90 Å². The molecule has 5 nitrogen and oxygen atoms in total. The Morgan fingerprint density at radius 3 is 2.60 bits per heavy atom. The maximum Gasteiger partial charge on any atom is 0.264 e. The molecule has 1 amide bonds. The summed E-state index contributed by atoms with van der Waals surface area (Å²) >= 11 is 5.91. The van der Waals surface area contributed by atoms with Crippen LogP contribution in [0.3, 0.4) is 0 Å². The number of likely N-dealkylation sites (tertiary alicyclic amines) is 1. The molecule has 0 saturated carbocycles. The van der Waals surface area contributed by atoms with Gasteiger partial charge in [0.05, 0.1) is 0 Å². The predicted octanol–water partition coefficient (Wildman–Crippen LogP) is 3.37. The largest absolute Gasteiger partial charge is 0.341 e. The Morgan fingerprint density at radius 2 is 1.84 bits per heavy atom. The first-order valence-corrected chi connectivity index (χ1v) is 8.72. The highest BCUT2D eigenvalue weighted by Gasteiger charge is 2.34. The van der Waals surface area contributed by atoms with Gasteiger partial charge in [-0.2, -0.15) is 9.98 Å². The van der Waals surface area contributed by atoms with Crippen LogP contribution in [0.4, 0.5) is 0 Å². The third-order valence-electron chi connectivity index (χ3n) is 4.46. The first-order chi connectivity index (χ1) is 12.2. The normalized spacial score (nSPS) is 22.8. The van der Waals surface area contributed by atoms with E-state index in [4.69, 9.17) is 11.6 Å². The predicted molar refractivity (Wildman–Crippen MR) is 101 cm³/mol. The van der Waals surface area contributed by atoms with Crippen LogP contribution in [0.15, 0.2) is 57.0 Å². The second-order valence-electron chi connectivity index (χ2n) is 6.18. The Labute approximate surface area is 151 Å². The third kappa shape index (κ3) is 3.33. The molecule has 3 heterocycles. The van der Waals surface area contributed by atoms with E-state index in [2.05, 4.69) is 19.9 Å². The van der Waals surface area contributed by atoms with Crippen LogP contribution in [0.5, 0.6) is 0 Å². The Kier molecular flexibility index (Phi) is 4.32. The number of guanidine groups is 1. The summed E-state index contributed by atoms with van der Waals surface area (Å²) < 4.78 is 0. The topological polar surface area (TPSA) is 57.4 Å². The molecular formula is C19H17ClN4O. The lowest BCUT2D eigenvalue weighted by Gasteiger charge is -2.24. The highest BCUT2D eigenvalue weighted by Crippen LogP contribution is 2.25.